The molecule has 7 heteroatoms. The van der Waals surface area contributed by atoms with Gasteiger partial charge in [-0.05, 0) is 19.8 Å². The van der Waals surface area contributed by atoms with Crippen molar-refractivity contribution in [2.45, 2.75) is 25.3 Å². The van der Waals surface area contributed by atoms with Crippen LogP contribution in [0, 0.1) is 0 Å². The number of carbonyl (C=O) groups excluding carboxylic acids is 1. The molecular weight excluding hydrogens is 264 g/mol. The molecule has 0 saturated carbocycles. The minimum Gasteiger partial charge on any atom is -0.480 e. The average Bonchev–Trinajstić information content (AvgIpc) is 2.82. The summed E-state index contributed by atoms with van der Waals surface area (Å²) in [7, 11) is 3.13. The van der Waals surface area contributed by atoms with Crippen LogP contribution in [0.25, 0.3) is 0 Å². The van der Waals surface area contributed by atoms with Crippen LogP contribution in [0.5, 0.6) is 0 Å². The lowest BCUT2D eigenvalue weighted by Crippen LogP contribution is -2.56. The first-order valence-electron chi connectivity index (χ1n) is 6.75. The zero-order valence-electron chi connectivity index (χ0n) is 12.4. The lowest BCUT2D eigenvalue weighted by atomic mass is 10.00. The molecule has 1 aliphatic heterocycles. The highest BCUT2D eigenvalue weighted by Crippen LogP contribution is 2.30. The summed E-state index contributed by atoms with van der Waals surface area (Å²) >= 11 is 0. The number of carbonyl (C=O) groups is 2. The molecule has 20 heavy (non-hydrogen) atoms. The summed E-state index contributed by atoms with van der Waals surface area (Å²) in [4.78, 5) is 27.0. The number of hydrogen-bond acceptors (Lipinski definition) is 4. The van der Waals surface area contributed by atoms with Gasteiger partial charge >= 0.3 is 12.0 Å². The largest absolute Gasteiger partial charge is 0.480 e. The van der Waals surface area contributed by atoms with Gasteiger partial charge in [-0.3, -0.25) is 0 Å². The maximum Gasteiger partial charge on any atom is 0.329 e. The summed E-state index contributed by atoms with van der Waals surface area (Å²) in [5, 5.41) is 9.36. The fourth-order valence-electron chi connectivity index (χ4n) is 2.37. The molecule has 2 amide bonds. The van der Waals surface area contributed by atoms with E-state index in [1.165, 1.54) is 4.90 Å². The van der Waals surface area contributed by atoms with Gasteiger partial charge in [-0.1, -0.05) is 0 Å². The van der Waals surface area contributed by atoms with Gasteiger partial charge in [0, 0.05) is 33.9 Å². The van der Waals surface area contributed by atoms with E-state index in [0.29, 0.717) is 45.7 Å². The van der Waals surface area contributed by atoms with Gasteiger partial charge in [0.1, 0.15) is 5.54 Å². The number of ether oxygens (including phenoxy) is 2. The number of methoxy groups -OCH3 is 2. The number of urea groups is 1. The Morgan fingerprint density at radius 1 is 1.25 bits per heavy atom. The van der Waals surface area contributed by atoms with E-state index in [-0.39, 0.29) is 6.03 Å². The van der Waals surface area contributed by atoms with Crippen molar-refractivity contribution in [2.24, 2.45) is 0 Å². The van der Waals surface area contributed by atoms with E-state index >= 15 is 0 Å². The summed E-state index contributed by atoms with van der Waals surface area (Å²) in [6.07, 6.45) is 1.19. The van der Waals surface area contributed by atoms with E-state index < -0.39 is 11.5 Å². The molecule has 0 aromatic carbocycles. The van der Waals surface area contributed by atoms with Crippen LogP contribution in [0.15, 0.2) is 0 Å². The molecule has 1 atom stereocenters. The molecule has 1 unspecified atom stereocenters. The van der Waals surface area contributed by atoms with Crippen LogP contribution in [-0.2, 0) is 14.3 Å². The van der Waals surface area contributed by atoms with Gasteiger partial charge in [-0.15, -0.1) is 0 Å². The van der Waals surface area contributed by atoms with Crippen molar-refractivity contribution >= 4 is 12.0 Å². The molecule has 0 aromatic heterocycles. The van der Waals surface area contributed by atoms with Crippen molar-refractivity contribution in [3.8, 4) is 0 Å². The molecule has 0 radical (unpaired) electrons. The average molecular weight is 288 g/mol. The second kappa shape index (κ2) is 7.44. The van der Waals surface area contributed by atoms with Gasteiger partial charge in [0.05, 0.1) is 13.2 Å². The van der Waals surface area contributed by atoms with Gasteiger partial charge in [0.15, 0.2) is 0 Å². The van der Waals surface area contributed by atoms with Crippen LogP contribution in [0.4, 0.5) is 4.79 Å². The van der Waals surface area contributed by atoms with Crippen molar-refractivity contribution < 1.29 is 24.2 Å². The normalized spacial score (nSPS) is 22.1. The highest BCUT2D eigenvalue weighted by Gasteiger charge is 2.47. The highest BCUT2D eigenvalue weighted by molar-refractivity contribution is 5.86. The number of aliphatic carboxylic acids is 1. The first kappa shape index (κ1) is 16.7. The molecular formula is C13H24N2O5. The maximum absolute atomic E-state index is 12.6. The van der Waals surface area contributed by atoms with Crippen LogP contribution in [0.1, 0.15) is 19.8 Å². The smallest absolute Gasteiger partial charge is 0.329 e. The van der Waals surface area contributed by atoms with E-state index in [2.05, 4.69) is 0 Å². The van der Waals surface area contributed by atoms with E-state index in [1.807, 2.05) is 0 Å². The van der Waals surface area contributed by atoms with E-state index in [4.69, 9.17) is 9.47 Å². The number of carboxylic acids is 1. The monoisotopic (exact) mass is 288 g/mol. The molecule has 1 saturated heterocycles. The Morgan fingerprint density at radius 3 is 2.25 bits per heavy atom. The van der Waals surface area contributed by atoms with Crippen molar-refractivity contribution in [1.82, 2.24) is 9.80 Å². The maximum atomic E-state index is 12.6. The molecule has 1 aliphatic rings. The Kier molecular flexibility index (Phi) is 6.22. The molecule has 1 rings (SSSR count). The first-order chi connectivity index (χ1) is 9.47. The second-order valence-electron chi connectivity index (χ2n) is 5.09. The fourth-order valence-corrected chi connectivity index (χ4v) is 2.37. The van der Waals surface area contributed by atoms with Crippen LogP contribution in [0.2, 0.25) is 0 Å². The van der Waals surface area contributed by atoms with Crippen molar-refractivity contribution in [3.05, 3.63) is 0 Å². The standard InChI is InChI=1S/C13H24N2O5/c1-13(11(16)17)5-4-6-15(13)12(18)14(7-9-19-2)8-10-20-3/h4-10H2,1-3H3,(H,16,17). The molecule has 7 nitrogen and oxygen atoms in total. The Balaban J connectivity index is 2.79. The summed E-state index contributed by atoms with van der Waals surface area (Å²) in [5.41, 5.74) is -1.12. The molecule has 1 heterocycles. The topological polar surface area (TPSA) is 79.3 Å². The van der Waals surface area contributed by atoms with Gasteiger partial charge in [-0.25, -0.2) is 9.59 Å². The molecule has 1 N–H and O–H groups in total. The number of likely N-dealkylation sites (tertiary alicyclic amines) is 1. The van der Waals surface area contributed by atoms with E-state index in [0.717, 1.165) is 0 Å². The lowest BCUT2D eigenvalue weighted by molar-refractivity contribution is -0.147. The minimum atomic E-state index is -1.12. The van der Waals surface area contributed by atoms with Crippen LogP contribution < -0.4 is 0 Å². The number of rotatable bonds is 7. The Labute approximate surface area is 119 Å². The molecule has 0 bridgehead atoms. The van der Waals surface area contributed by atoms with E-state index in [1.54, 1.807) is 26.0 Å². The summed E-state index contributed by atoms with van der Waals surface area (Å²) in [6, 6.07) is -0.262. The highest BCUT2D eigenvalue weighted by atomic mass is 16.5. The Morgan fingerprint density at radius 2 is 1.80 bits per heavy atom. The number of carboxylic acid groups (broad SMARTS) is 1. The quantitative estimate of drug-likeness (QED) is 0.743. The summed E-state index contributed by atoms with van der Waals surface area (Å²) < 4.78 is 9.99. The zero-order chi connectivity index (χ0) is 15.2. The third-order valence-electron chi connectivity index (χ3n) is 3.73. The van der Waals surface area contributed by atoms with Crippen molar-refractivity contribution in [1.29, 1.82) is 0 Å². The molecule has 0 spiro atoms. The van der Waals surface area contributed by atoms with Gasteiger partial charge in [0.25, 0.3) is 0 Å². The summed E-state index contributed by atoms with van der Waals surface area (Å²) in [5.74, 6) is -0.957. The van der Waals surface area contributed by atoms with Crippen LogP contribution in [-0.4, -0.2) is 79.5 Å². The third-order valence-corrected chi connectivity index (χ3v) is 3.73. The van der Waals surface area contributed by atoms with Gasteiger partial charge in [-0.2, -0.15) is 0 Å². The lowest BCUT2D eigenvalue weighted by Gasteiger charge is -2.35. The molecule has 1 fully saturated rings. The third kappa shape index (κ3) is 3.61. The predicted octanol–water partition coefficient (Wildman–Crippen LogP) is 0.640. The van der Waals surface area contributed by atoms with Crippen LogP contribution >= 0.6 is 0 Å². The van der Waals surface area contributed by atoms with Crippen LogP contribution in [0.3, 0.4) is 0 Å². The minimum absolute atomic E-state index is 0.262. The SMILES string of the molecule is COCCN(CCOC)C(=O)N1CCCC1(C)C(=O)O. The zero-order valence-corrected chi connectivity index (χ0v) is 12.4. The molecule has 0 aromatic rings. The first-order valence-corrected chi connectivity index (χ1v) is 6.75. The number of nitrogens with zero attached hydrogens (tertiary/aromatic N) is 2. The van der Waals surface area contributed by atoms with Crippen molar-refractivity contribution in [3.63, 3.8) is 0 Å². The molecule has 0 aliphatic carbocycles. The Bertz CT molecular complexity index is 342. The number of hydrogen-bond donors (Lipinski definition) is 1. The van der Waals surface area contributed by atoms with Crippen molar-refractivity contribution in [2.75, 3.05) is 47.1 Å². The van der Waals surface area contributed by atoms with Gasteiger partial charge in [0.2, 0.25) is 0 Å². The predicted molar refractivity (Wildman–Crippen MR) is 72.7 cm³/mol. The van der Waals surface area contributed by atoms with Gasteiger partial charge < -0.3 is 24.4 Å². The molecule has 116 valence electrons. The summed E-state index contributed by atoms with van der Waals surface area (Å²) in [6.45, 7) is 3.74. The fraction of sp³-hybridized carbons (Fsp3) is 0.846. The van der Waals surface area contributed by atoms with E-state index in [9.17, 15) is 14.7 Å². The number of amides is 2. The Hall–Kier alpha value is -1.34. The second-order valence-corrected chi connectivity index (χ2v) is 5.09.